The number of benzene rings is 1. The number of halogens is 3. The third-order valence-corrected chi connectivity index (χ3v) is 3.78. The molecule has 0 radical (unpaired) electrons. The number of imidazole rings is 1. The topological polar surface area (TPSA) is 68.3 Å². The van der Waals surface area contributed by atoms with Crippen LogP contribution in [0.25, 0.3) is 11.0 Å². The average molecular weight is 365 g/mol. The number of rotatable bonds is 4. The first-order valence-electron chi connectivity index (χ1n) is 7.60. The van der Waals surface area contributed by atoms with E-state index < -0.39 is 36.4 Å². The lowest BCUT2D eigenvalue weighted by Gasteiger charge is -2.23. The molecule has 136 valence electrons. The van der Waals surface area contributed by atoms with Gasteiger partial charge in [-0.3, -0.25) is 4.79 Å². The van der Waals surface area contributed by atoms with Gasteiger partial charge >= 0.3 is 11.8 Å². The lowest BCUT2D eigenvalue weighted by molar-refractivity contribution is -0.141. The van der Waals surface area contributed by atoms with E-state index in [9.17, 15) is 22.8 Å². The molecule has 0 aliphatic heterocycles. The minimum Gasteiger partial charge on any atom is -0.422 e. The predicted octanol–water partition coefficient (Wildman–Crippen LogP) is 2.73. The number of carbonyl (C=O) groups excluding carboxylic acids is 1. The Morgan fingerprint density at radius 1 is 1.31 bits per heavy atom. The van der Waals surface area contributed by atoms with Gasteiger partial charge in [0.1, 0.15) is 23.5 Å². The molecule has 9 heteroatoms. The van der Waals surface area contributed by atoms with Gasteiger partial charge in [0.05, 0.1) is 6.54 Å². The van der Waals surface area contributed by atoms with E-state index in [4.69, 9.17) is 4.42 Å². The molecule has 26 heavy (non-hydrogen) atoms. The Balaban J connectivity index is 2.00. The Morgan fingerprint density at radius 3 is 2.69 bits per heavy atom. The zero-order chi connectivity index (χ0) is 18.9. The fraction of sp³-hybridized carbons (Fsp3) is 0.235. The Kier molecular flexibility index (Phi) is 4.54. The van der Waals surface area contributed by atoms with Crippen LogP contribution in [-0.2, 0) is 13.6 Å². The molecule has 0 atom stereocenters. The zero-order valence-electron chi connectivity index (χ0n) is 13.7. The first-order valence-corrected chi connectivity index (χ1v) is 7.60. The standard InChI is InChI=1S/C17H14F3N3O3/c1-22-7-6-21-14(22)9-23(10-17(18,19)20)15(24)12-8-11-4-2-3-5-13(11)26-16(12)25/h2-8H,9-10H2,1H3. The highest BCUT2D eigenvalue weighted by Crippen LogP contribution is 2.20. The maximum absolute atomic E-state index is 12.9. The largest absolute Gasteiger partial charge is 0.422 e. The fourth-order valence-corrected chi connectivity index (χ4v) is 2.52. The molecule has 2 heterocycles. The molecule has 6 nitrogen and oxygen atoms in total. The van der Waals surface area contributed by atoms with Crippen LogP contribution in [0.3, 0.4) is 0 Å². The molecule has 3 rings (SSSR count). The number of para-hydroxylation sites is 1. The van der Waals surface area contributed by atoms with E-state index >= 15 is 0 Å². The number of aryl methyl sites for hydroxylation is 1. The van der Waals surface area contributed by atoms with Crippen LogP contribution in [0.1, 0.15) is 16.2 Å². The molecule has 0 aliphatic rings. The summed E-state index contributed by atoms with van der Waals surface area (Å²) in [5, 5.41) is 0.444. The van der Waals surface area contributed by atoms with Crippen molar-refractivity contribution in [1.29, 1.82) is 0 Å². The number of fused-ring (bicyclic) bond motifs is 1. The maximum atomic E-state index is 12.9. The summed E-state index contributed by atoms with van der Waals surface area (Å²) in [4.78, 5) is 29.2. The van der Waals surface area contributed by atoms with Crippen LogP contribution in [0.5, 0.6) is 0 Å². The molecule has 0 unspecified atom stereocenters. The number of amides is 1. The van der Waals surface area contributed by atoms with E-state index in [1.54, 1.807) is 31.4 Å². The van der Waals surface area contributed by atoms with Crippen molar-refractivity contribution in [3.8, 4) is 0 Å². The van der Waals surface area contributed by atoms with E-state index in [1.807, 2.05) is 0 Å². The third-order valence-electron chi connectivity index (χ3n) is 3.78. The van der Waals surface area contributed by atoms with E-state index in [2.05, 4.69) is 4.98 Å². The van der Waals surface area contributed by atoms with Crippen LogP contribution in [-0.4, -0.2) is 33.1 Å². The van der Waals surface area contributed by atoms with Crippen molar-refractivity contribution in [3.05, 3.63) is 64.5 Å². The quantitative estimate of drug-likeness (QED) is 0.667. The molecule has 0 saturated carbocycles. The summed E-state index contributed by atoms with van der Waals surface area (Å²) < 4.78 is 45.4. The Morgan fingerprint density at radius 2 is 2.04 bits per heavy atom. The molecule has 0 fully saturated rings. The van der Waals surface area contributed by atoms with Gasteiger partial charge in [-0.2, -0.15) is 13.2 Å². The maximum Gasteiger partial charge on any atom is 0.406 e. The van der Waals surface area contributed by atoms with Crippen molar-refractivity contribution < 1.29 is 22.4 Å². The first kappa shape index (κ1) is 17.7. The summed E-state index contributed by atoms with van der Waals surface area (Å²) in [5.41, 5.74) is -1.19. The monoisotopic (exact) mass is 365 g/mol. The van der Waals surface area contributed by atoms with Crippen molar-refractivity contribution in [2.75, 3.05) is 6.54 Å². The molecular formula is C17H14F3N3O3. The minimum atomic E-state index is -4.63. The highest BCUT2D eigenvalue weighted by molar-refractivity contribution is 5.96. The lowest BCUT2D eigenvalue weighted by atomic mass is 10.1. The summed E-state index contributed by atoms with van der Waals surface area (Å²) in [6, 6.07) is 7.68. The third kappa shape index (κ3) is 3.76. The van der Waals surface area contributed by atoms with Crippen molar-refractivity contribution in [2.24, 2.45) is 7.05 Å². The minimum absolute atomic E-state index is 0.250. The van der Waals surface area contributed by atoms with Gasteiger partial charge in [-0.1, -0.05) is 18.2 Å². The van der Waals surface area contributed by atoms with Crippen LogP contribution in [0, 0.1) is 0 Å². The van der Waals surface area contributed by atoms with Gasteiger partial charge < -0.3 is 13.9 Å². The number of carbonyl (C=O) groups is 1. The molecule has 1 aromatic carbocycles. The van der Waals surface area contributed by atoms with Crippen LogP contribution in [0.2, 0.25) is 0 Å². The number of hydrogen-bond acceptors (Lipinski definition) is 4. The zero-order valence-corrected chi connectivity index (χ0v) is 13.7. The smallest absolute Gasteiger partial charge is 0.406 e. The molecule has 0 aliphatic carbocycles. The highest BCUT2D eigenvalue weighted by Gasteiger charge is 2.35. The van der Waals surface area contributed by atoms with Crippen LogP contribution in [0.4, 0.5) is 13.2 Å². The number of alkyl halides is 3. The molecule has 0 N–H and O–H groups in total. The molecule has 2 aromatic heterocycles. The molecule has 0 saturated heterocycles. The van der Waals surface area contributed by atoms with Crippen molar-refractivity contribution >= 4 is 16.9 Å². The Labute approximate surface area is 145 Å². The van der Waals surface area contributed by atoms with Gasteiger partial charge in [0, 0.05) is 24.8 Å². The second-order valence-electron chi connectivity index (χ2n) is 5.72. The average Bonchev–Trinajstić information content (AvgIpc) is 2.96. The number of nitrogens with zero attached hydrogens (tertiary/aromatic N) is 3. The molecular weight excluding hydrogens is 351 g/mol. The number of aromatic nitrogens is 2. The van der Waals surface area contributed by atoms with Crippen LogP contribution in [0.15, 0.2) is 51.9 Å². The van der Waals surface area contributed by atoms with Crippen LogP contribution >= 0.6 is 0 Å². The summed E-state index contributed by atoms with van der Waals surface area (Å²) in [6.45, 7) is -1.90. The van der Waals surface area contributed by atoms with Gasteiger partial charge in [0.2, 0.25) is 0 Å². The van der Waals surface area contributed by atoms with Crippen LogP contribution < -0.4 is 5.63 Å². The molecule has 3 aromatic rings. The van der Waals surface area contributed by atoms with Gasteiger partial charge in [-0.05, 0) is 12.1 Å². The second-order valence-corrected chi connectivity index (χ2v) is 5.72. The van der Waals surface area contributed by atoms with Gasteiger partial charge in [0.25, 0.3) is 5.91 Å². The van der Waals surface area contributed by atoms with Crippen molar-refractivity contribution in [2.45, 2.75) is 12.7 Å². The van der Waals surface area contributed by atoms with Crippen molar-refractivity contribution in [3.63, 3.8) is 0 Å². The summed E-state index contributed by atoms with van der Waals surface area (Å²) in [7, 11) is 1.60. The lowest BCUT2D eigenvalue weighted by Crippen LogP contribution is -2.40. The van der Waals surface area contributed by atoms with Gasteiger partial charge in [0.15, 0.2) is 0 Å². The van der Waals surface area contributed by atoms with E-state index in [0.717, 1.165) is 0 Å². The van der Waals surface area contributed by atoms with E-state index in [-0.39, 0.29) is 11.4 Å². The normalized spacial score (nSPS) is 11.7. The summed E-state index contributed by atoms with van der Waals surface area (Å²) in [6.07, 6.45) is -1.66. The molecule has 0 bridgehead atoms. The van der Waals surface area contributed by atoms with Gasteiger partial charge in [-0.25, -0.2) is 9.78 Å². The summed E-state index contributed by atoms with van der Waals surface area (Å²) in [5.74, 6) is -0.808. The molecule has 1 amide bonds. The van der Waals surface area contributed by atoms with Gasteiger partial charge in [-0.15, -0.1) is 0 Å². The highest BCUT2D eigenvalue weighted by atomic mass is 19.4. The first-order chi connectivity index (χ1) is 12.2. The van der Waals surface area contributed by atoms with E-state index in [0.29, 0.717) is 10.3 Å². The molecule has 0 spiro atoms. The van der Waals surface area contributed by atoms with Crippen molar-refractivity contribution in [1.82, 2.24) is 14.5 Å². The predicted molar refractivity (Wildman–Crippen MR) is 86.5 cm³/mol. The SMILES string of the molecule is Cn1ccnc1CN(CC(F)(F)F)C(=O)c1cc2ccccc2oc1=O. The Bertz CT molecular complexity index is 1010. The summed E-state index contributed by atoms with van der Waals surface area (Å²) >= 11 is 0. The van der Waals surface area contributed by atoms with E-state index in [1.165, 1.54) is 22.9 Å². The second kappa shape index (κ2) is 6.66. The fourth-order valence-electron chi connectivity index (χ4n) is 2.52. The number of hydrogen-bond donors (Lipinski definition) is 0. The Hall–Kier alpha value is -3.10.